The van der Waals surface area contributed by atoms with Crippen molar-refractivity contribution in [2.45, 2.75) is 19.3 Å². The zero-order valence-electron chi connectivity index (χ0n) is 15.1. The molecule has 138 valence electrons. The Labute approximate surface area is 164 Å². The van der Waals surface area contributed by atoms with Gasteiger partial charge in [0.1, 0.15) is 5.82 Å². The van der Waals surface area contributed by atoms with Gasteiger partial charge in [0.15, 0.2) is 5.11 Å². The Hall–Kier alpha value is -2.54. The fourth-order valence-corrected chi connectivity index (χ4v) is 4.51. The van der Waals surface area contributed by atoms with Crippen LogP contribution in [-0.4, -0.2) is 51.9 Å². The summed E-state index contributed by atoms with van der Waals surface area (Å²) < 4.78 is 0. The lowest BCUT2D eigenvalue weighted by atomic mass is 9.73. The van der Waals surface area contributed by atoms with Crippen molar-refractivity contribution in [1.29, 1.82) is 0 Å². The van der Waals surface area contributed by atoms with E-state index >= 15 is 0 Å². The highest BCUT2D eigenvalue weighted by atomic mass is 32.1. The number of nitrogens with zero attached hydrogens (tertiary/aromatic N) is 5. The van der Waals surface area contributed by atoms with Gasteiger partial charge in [-0.3, -0.25) is 10.4 Å². The van der Waals surface area contributed by atoms with Crippen molar-refractivity contribution in [2.24, 2.45) is 10.5 Å². The van der Waals surface area contributed by atoms with Crippen molar-refractivity contribution in [3.8, 4) is 0 Å². The molecule has 2 aromatic rings. The summed E-state index contributed by atoms with van der Waals surface area (Å²) in [5.74, 6) is 1.07. The number of aromatic nitrogens is 2. The lowest BCUT2D eigenvalue weighted by Gasteiger charge is -2.60. The van der Waals surface area contributed by atoms with Crippen LogP contribution in [0.5, 0.6) is 0 Å². The third kappa shape index (κ3) is 3.06. The van der Waals surface area contributed by atoms with E-state index in [1.54, 1.807) is 0 Å². The molecule has 2 fully saturated rings. The van der Waals surface area contributed by atoms with Crippen molar-refractivity contribution in [3.63, 3.8) is 0 Å². The molecule has 0 aromatic carbocycles. The predicted molar refractivity (Wildman–Crippen MR) is 110 cm³/mol. The van der Waals surface area contributed by atoms with E-state index in [0.717, 1.165) is 62.7 Å². The number of pyridine rings is 2. The van der Waals surface area contributed by atoms with Crippen molar-refractivity contribution in [2.75, 3.05) is 31.1 Å². The summed E-state index contributed by atoms with van der Waals surface area (Å²) in [6.07, 6.45) is 6.82. The number of fused-ring (bicyclic) bond motifs is 1. The first-order chi connectivity index (χ1) is 13.2. The van der Waals surface area contributed by atoms with Gasteiger partial charge in [-0.1, -0.05) is 12.1 Å². The lowest BCUT2D eigenvalue weighted by molar-refractivity contribution is 0.0283. The Morgan fingerprint density at radius 1 is 1.04 bits per heavy atom. The van der Waals surface area contributed by atoms with Gasteiger partial charge in [-0.25, -0.2) is 4.98 Å². The van der Waals surface area contributed by atoms with Gasteiger partial charge >= 0.3 is 0 Å². The van der Waals surface area contributed by atoms with Crippen molar-refractivity contribution in [1.82, 2.24) is 20.3 Å². The number of hydrogen-bond donors (Lipinski definition) is 1. The van der Waals surface area contributed by atoms with Gasteiger partial charge in [-0.2, -0.15) is 5.10 Å². The molecule has 1 spiro atoms. The summed E-state index contributed by atoms with van der Waals surface area (Å²) in [6, 6.07) is 10.2. The quantitative estimate of drug-likeness (QED) is 0.639. The monoisotopic (exact) mass is 378 g/mol. The Bertz CT molecular complexity index is 882. The van der Waals surface area contributed by atoms with Crippen molar-refractivity contribution >= 4 is 28.9 Å². The topological polar surface area (TPSA) is 56.7 Å². The van der Waals surface area contributed by atoms with Crippen LogP contribution in [0.15, 0.2) is 47.8 Å². The molecule has 0 radical (unpaired) electrons. The van der Waals surface area contributed by atoms with Crippen LogP contribution in [0.4, 0.5) is 5.82 Å². The molecule has 2 aliphatic heterocycles. The highest BCUT2D eigenvalue weighted by Gasteiger charge is 2.52. The molecule has 1 N–H and O–H groups in total. The normalized spacial score (nSPS) is 21.4. The van der Waals surface area contributed by atoms with E-state index in [2.05, 4.69) is 42.4 Å². The number of aryl methyl sites for hydroxylation is 1. The SMILES string of the molecule is S=C(NN=C1CCCc2cccnc21)N1CC2(C1)CN(c1ccccn1)C2. The minimum absolute atomic E-state index is 0.357. The van der Waals surface area contributed by atoms with Gasteiger partial charge in [-0.15, -0.1) is 0 Å². The number of thiocarbonyl (C=S) groups is 1. The van der Waals surface area contributed by atoms with E-state index in [4.69, 9.17) is 12.2 Å². The number of nitrogens with one attached hydrogen (secondary N) is 1. The maximum Gasteiger partial charge on any atom is 0.189 e. The highest BCUT2D eigenvalue weighted by molar-refractivity contribution is 7.80. The molecular formula is C20H22N6S. The zero-order chi connectivity index (χ0) is 18.3. The molecule has 5 rings (SSSR count). The average Bonchev–Trinajstić information content (AvgIpc) is 2.65. The van der Waals surface area contributed by atoms with E-state index in [0.29, 0.717) is 10.5 Å². The molecule has 1 aliphatic carbocycles. The summed E-state index contributed by atoms with van der Waals surface area (Å²) in [7, 11) is 0. The van der Waals surface area contributed by atoms with Crippen molar-refractivity contribution < 1.29 is 0 Å². The minimum Gasteiger partial charge on any atom is -0.355 e. The molecule has 3 aliphatic rings. The zero-order valence-corrected chi connectivity index (χ0v) is 16.0. The fraction of sp³-hybridized carbons (Fsp3) is 0.400. The van der Waals surface area contributed by atoms with Crippen LogP contribution in [0.2, 0.25) is 0 Å². The minimum atomic E-state index is 0.357. The second-order valence-corrected chi connectivity index (χ2v) is 8.13. The molecule has 27 heavy (non-hydrogen) atoms. The molecule has 2 aromatic heterocycles. The maximum absolute atomic E-state index is 5.55. The molecule has 0 bridgehead atoms. The van der Waals surface area contributed by atoms with E-state index in [1.807, 2.05) is 30.6 Å². The molecular weight excluding hydrogens is 356 g/mol. The van der Waals surface area contributed by atoms with Crippen LogP contribution in [0.1, 0.15) is 24.1 Å². The molecule has 0 unspecified atom stereocenters. The van der Waals surface area contributed by atoms with E-state index in [1.165, 1.54) is 5.56 Å². The van der Waals surface area contributed by atoms with Gasteiger partial charge < -0.3 is 9.80 Å². The van der Waals surface area contributed by atoms with Crippen LogP contribution in [0.3, 0.4) is 0 Å². The van der Waals surface area contributed by atoms with E-state index in [-0.39, 0.29) is 0 Å². The standard InChI is InChI=1S/C20H22N6S/c27-19(24-23-16-7-3-5-15-6-4-10-22-18(15)16)26-13-20(14-26)11-25(12-20)17-8-1-2-9-21-17/h1-2,4,6,8-10H,3,5,7,11-14H2,(H,24,27). The first kappa shape index (κ1) is 16.6. The van der Waals surface area contributed by atoms with Crippen molar-refractivity contribution in [3.05, 3.63) is 54.0 Å². The number of hydrazone groups is 1. The second kappa shape index (κ2) is 6.56. The Morgan fingerprint density at radius 2 is 1.89 bits per heavy atom. The summed E-state index contributed by atoms with van der Waals surface area (Å²) >= 11 is 5.55. The lowest BCUT2D eigenvalue weighted by Crippen LogP contribution is -2.73. The Kier molecular flexibility index (Phi) is 4.04. The first-order valence-corrected chi connectivity index (χ1v) is 9.85. The molecule has 0 amide bonds. The van der Waals surface area contributed by atoms with Gasteiger partial charge in [0.25, 0.3) is 0 Å². The molecule has 4 heterocycles. The van der Waals surface area contributed by atoms with Crippen LogP contribution >= 0.6 is 12.2 Å². The summed E-state index contributed by atoms with van der Waals surface area (Å²) in [4.78, 5) is 13.5. The van der Waals surface area contributed by atoms with Gasteiger partial charge in [0.2, 0.25) is 0 Å². The summed E-state index contributed by atoms with van der Waals surface area (Å²) in [5.41, 5.74) is 6.77. The third-order valence-corrected chi connectivity index (χ3v) is 6.03. The third-order valence-electron chi connectivity index (χ3n) is 5.68. The molecule has 0 saturated carbocycles. The fourth-order valence-electron chi connectivity index (χ4n) is 4.33. The van der Waals surface area contributed by atoms with Crippen LogP contribution in [0.25, 0.3) is 0 Å². The second-order valence-electron chi connectivity index (χ2n) is 7.74. The van der Waals surface area contributed by atoms with E-state index in [9.17, 15) is 0 Å². The summed E-state index contributed by atoms with van der Waals surface area (Å²) in [6.45, 7) is 4.08. The Morgan fingerprint density at radius 3 is 2.70 bits per heavy atom. The first-order valence-electron chi connectivity index (χ1n) is 9.44. The van der Waals surface area contributed by atoms with Gasteiger partial charge in [0.05, 0.1) is 11.4 Å². The Balaban J connectivity index is 1.16. The maximum atomic E-state index is 5.55. The molecule has 0 atom stereocenters. The number of hydrogen-bond acceptors (Lipinski definition) is 5. The van der Waals surface area contributed by atoms with Crippen LogP contribution in [-0.2, 0) is 6.42 Å². The highest BCUT2D eigenvalue weighted by Crippen LogP contribution is 2.41. The molecule has 7 heteroatoms. The van der Waals surface area contributed by atoms with Crippen LogP contribution < -0.4 is 10.3 Å². The molecule has 2 saturated heterocycles. The predicted octanol–water partition coefficient (Wildman–Crippen LogP) is 2.21. The number of anilines is 1. The van der Waals surface area contributed by atoms with Gasteiger partial charge in [-0.05, 0) is 55.2 Å². The van der Waals surface area contributed by atoms with E-state index < -0.39 is 0 Å². The average molecular weight is 379 g/mol. The molecule has 6 nitrogen and oxygen atoms in total. The number of rotatable bonds is 2. The smallest absolute Gasteiger partial charge is 0.189 e. The van der Waals surface area contributed by atoms with Crippen LogP contribution in [0, 0.1) is 5.41 Å². The number of likely N-dealkylation sites (tertiary alicyclic amines) is 1. The van der Waals surface area contributed by atoms with Gasteiger partial charge in [0, 0.05) is 44.0 Å². The summed E-state index contributed by atoms with van der Waals surface area (Å²) in [5, 5.41) is 5.30. The largest absolute Gasteiger partial charge is 0.355 e.